The van der Waals surface area contributed by atoms with Gasteiger partial charge in [-0.05, 0) is 30.3 Å². The summed E-state index contributed by atoms with van der Waals surface area (Å²) < 4.78 is 0. The molecule has 3 aromatic rings. The largest absolute Gasteiger partial charge is 0.324 e. The fourth-order valence-electron chi connectivity index (χ4n) is 1.95. The van der Waals surface area contributed by atoms with Gasteiger partial charge in [-0.2, -0.15) is 0 Å². The monoisotopic (exact) mass is 358 g/mol. The summed E-state index contributed by atoms with van der Waals surface area (Å²) in [5.41, 5.74) is 1.60. The quantitative estimate of drug-likeness (QED) is 0.704. The number of amides is 1. The van der Waals surface area contributed by atoms with Gasteiger partial charge in [0.2, 0.25) is 5.95 Å². The zero-order chi connectivity index (χ0) is 16.9. The maximum absolute atomic E-state index is 12.2. The zero-order valence-electron chi connectivity index (χ0n) is 12.3. The molecule has 24 heavy (non-hydrogen) atoms. The Balaban J connectivity index is 1.71. The van der Waals surface area contributed by atoms with Crippen LogP contribution >= 0.6 is 23.2 Å². The van der Waals surface area contributed by atoms with E-state index in [0.717, 1.165) is 5.69 Å². The number of halogens is 2. The van der Waals surface area contributed by atoms with Crippen LogP contribution in [-0.2, 0) is 0 Å². The van der Waals surface area contributed by atoms with Crippen molar-refractivity contribution in [3.05, 3.63) is 76.5 Å². The normalized spacial score (nSPS) is 10.2. The first-order valence-electron chi connectivity index (χ1n) is 7.02. The van der Waals surface area contributed by atoms with Crippen LogP contribution in [-0.4, -0.2) is 15.9 Å². The van der Waals surface area contributed by atoms with Gasteiger partial charge in [-0.3, -0.25) is 4.79 Å². The molecule has 7 heteroatoms. The summed E-state index contributed by atoms with van der Waals surface area (Å²) in [6, 6.07) is 14.3. The summed E-state index contributed by atoms with van der Waals surface area (Å²) in [5.74, 6) is 0.0314. The standard InChI is InChI=1S/C17H12Cl2N4O/c18-12-6-7-14(19)15(8-12)23-16(24)11-9-20-17(21-10-11)22-13-4-2-1-3-5-13/h1-10H,(H,23,24)(H,20,21,22). The molecular formula is C17H12Cl2N4O. The summed E-state index contributed by atoms with van der Waals surface area (Å²) in [6.45, 7) is 0. The number of rotatable bonds is 4. The molecule has 0 fully saturated rings. The predicted octanol–water partition coefficient (Wildman–Crippen LogP) is 4.78. The Labute approximate surface area is 148 Å². The lowest BCUT2D eigenvalue weighted by atomic mass is 10.2. The van der Waals surface area contributed by atoms with Crippen molar-refractivity contribution < 1.29 is 4.79 Å². The number of nitrogens with zero attached hydrogens (tertiary/aromatic N) is 2. The minimum absolute atomic E-state index is 0.310. The first-order chi connectivity index (χ1) is 11.6. The molecule has 0 spiro atoms. The SMILES string of the molecule is O=C(Nc1cc(Cl)ccc1Cl)c1cnc(Nc2ccccc2)nc1. The molecule has 2 aromatic carbocycles. The van der Waals surface area contributed by atoms with E-state index in [2.05, 4.69) is 20.6 Å². The lowest BCUT2D eigenvalue weighted by molar-refractivity contribution is 0.102. The Morgan fingerprint density at radius 3 is 2.38 bits per heavy atom. The summed E-state index contributed by atoms with van der Waals surface area (Å²) in [4.78, 5) is 20.5. The van der Waals surface area contributed by atoms with Crippen molar-refractivity contribution in [1.29, 1.82) is 0 Å². The van der Waals surface area contributed by atoms with E-state index in [4.69, 9.17) is 23.2 Å². The molecule has 3 rings (SSSR count). The van der Waals surface area contributed by atoms with E-state index in [0.29, 0.717) is 27.2 Å². The average molecular weight is 359 g/mol. The molecule has 0 bridgehead atoms. The maximum atomic E-state index is 12.2. The third kappa shape index (κ3) is 4.01. The Morgan fingerprint density at radius 2 is 1.67 bits per heavy atom. The second-order valence-electron chi connectivity index (χ2n) is 4.86. The van der Waals surface area contributed by atoms with Gasteiger partial charge in [0.25, 0.3) is 5.91 Å². The van der Waals surface area contributed by atoms with Gasteiger partial charge < -0.3 is 10.6 Å². The van der Waals surface area contributed by atoms with E-state index in [9.17, 15) is 4.79 Å². The van der Waals surface area contributed by atoms with Gasteiger partial charge >= 0.3 is 0 Å². The molecule has 0 aliphatic carbocycles. The number of nitrogens with one attached hydrogen (secondary N) is 2. The van der Waals surface area contributed by atoms with E-state index in [1.807, 2.05) is 30.3 Å². The number of para-hydroxylation sites is 1. The molecule has 0 radical (unpaired) electrons. The van der Waals surface area contributed by atoms with Crippen LogP contribution in [0.1, 0.15) is 10.4 Å². The summed E-state index contributed by atoms with van der Waals surface area (Å²) in [7, 11) is 0. The fraction of sp³-hybridized carbons (Fsp3) is 0. The number of anilines is 3. The Morgan fingerprint density at radius 1 is 0.958 bits per heavy atom. The van der Waals surface area contributed by atoms with Gasteiger partial charge in [0.1, 0.15) is 0 Å². The third-order valence-corrected chi connectivity index (χ3v) is 3.69. The van der Waals surface area contributed by atoms with Crippen molar-refractivity contribution in [1.82, 2.24) is 9.97 Å². The van der Waals surface area contributed by atoms with Crippen molar-refractivity contribution in [3.8, 4) is 0 Å². The molecule has 1 heterocycles. The topological polar surface area (TPSA) is 66.9 Å². The van der Waals surface area contributed by atoms with Gasteiger partial charge in [-0.25, -0.2) is 9.97 Å². The van der Waals surface area contributed by atoms with Crippen LogP contribution in [0.3, 0.4) is 0 Å². The highest BCUT2D eigenvalue weighted by molar-refractivity contribution is 6.35. The lowest BCUT2D eigenvalue weighted by Crippen LogP contribution is -2.13. The highest BCUT2D eigenvalue weighted by Crippen LogP contribution is 2.25. The number of benzene rings is 2. The molecule has 1 aromatic heterocycles. The van der Waals surface area contributed by atoms with Crippen molar-refractivity contribution in [3.63, 3.8) is 0 Å². The summed E-state index contributed by atoms with van der Waals surface area (Å²) in [6.07, 6.45) is 2.87. The molecule has 120 valence electrons. The first-order valence-corrected chi connectivity index (χ1v) is 7.78. The van der Waals surface area contributed by atoms with Crippen molar-refractivity contribution in [2.45, 2.75) is 0 Å². The van der Waals surface area contributed by atoms with Crippen LogP contribution in [0.25, 0.3) is 0 Å². The highest BCUT2D eigenvalue weighted by Gasteiger charge is 2.10. The molecule has 0 unspecified atom stereocenters. The number of carbonyl (C=O) groups excluding carboxylic acids is 1. The molecule has 1 amide bonds. The minimum Gasteiger partial charge on any atom is -0.324 e. The predicted molar refractivity (Wildman–Crippen MR) is 96.2 cm³/mol. The molecule has 5 nitrogen and oxygen atoms in total. The molecule has 0 aliphatic heterocycles. The molecular weight excluding hydrogens is 347 g/mol. The molecule has 2 N–H and O–H groups in total. The van der Waals surface area contributed by atoms with Gasteiger partial charge in [0.05, 0.1) is 16.3 Å². The van der Waals surface area contributed by atoms with Gasteiger partial charge in [-0.1, -0.05) is 41.4 Å². The fourth-order valence-corrected chi connectivity index (χ4v) is 2.29. The van der Waals surface area contributed by atoms with Crippen LogP contribution in [0.4, 0.5) is 17.3 Å². The average Bonchev–Trinajstić information content (AvgIpc) is 2.60. The van der Waals surface area contributed by atoms with Crippen LogP contribution in [0.2, 0.25) is 10.0 Å². The second-order valence-corrected chi connectivity index (χ2v) is 5.71. The molecule has 0 aliphatic rings. The number of carbonyl (C=O) groups is 1. The molecule has 0 atom stereocenters. The minimum atomic E-state index is -0.370. The molecule has 0 saturated heterocycles. The highest BCUT2D eigenvalue weighted by atomic mass is 35.5. The maximum Gasteiger partial charge on any atom is 0.258 e. The van der Waals surface area contributed by atoms with Crippen molar-refractivity contribution in [2.75, 3.05) is 10.6 Å². The number of hydrogen-bond donors (Lipinski definition) is 2. The molecule has 0 saturated carbocycles. The van der Waals surface area contributed by atoms with Crippen molar-refractivity contribution in [2.24, 2.45) is 0 Å². The van der Waals surface area contributed by atoms with Gasteiger partial charge in [0, 0.05) is 23.1 Å². The van der Waals surface area contributed by atoms with E-state index in [-0.39, 0.29) is 5.91 Å². The van der Waals surface area contributed by atoms with Crippen LogP contribution < -0.4 is 10.6 Å². The van der Waals surface area contributed by atoms with Gasteiger partial charge in [-0.15, -0.1) is 0 Å². The second kappa shape index (κ2) is 7.29. The Kier molecular flexibility index (Phi) is 4.93. The number of hydrogen-bond acceptors (Lipinski definition) is 4. The zero-order valence-corrected chi connectivity index (χ0v) is 13.8. The van der Waals surface area contributed by atoms with E-state index >= 15 is 0 Å². The van der Waals surface area contributed by atoms with E-state index in [1.165, 1.54) is 12.4 Å². The summed E-state index contributed by atoms with van der Waals surface area (Å²) >= 11 is 11.9. The van der Waals surface area contributed by atoms with Crippen LogP contribution in [0.5, 0.6) is 0 Å². The Hall–Kier alpha value is -2.63. The van der Waals surface area contributed by atoms with E-state index < -0.39 is 0 Å². The van der Waals surface area contributed by atoms with Crippen LogP contribution in [0, 0.1) is 0 Å². The Bertz CT molecular complexity index is 854. The first kappa shape index (κ1) is 16.2. The van der Waals surface area contributed by atoms with E-state index in [1.54, 1.807) is 18.2 Å². The van der Waals surface area contributed by atoms with Crippen LogP contribution in [0.15, 0.2) is 60.9 Å². The van der Waals surface area contributed by atoms with Crippen molar-refractivity contribution >= 4 is 46.4 Å². The lowest BCUT2D eigenvalue weighted by Gasteiger charge is -2.08. The summed E-state index contributed by atoms with van der Waals surface area (Å²) in [5, 5.41) is 6.60. The van der Waals surface area contributed by atoms with Gasteiger partial charge in [0.15, 0.2) is 0 Å². The number of aromatic nitrogens is 2. The third-order valence-electron chi connectivity index (χ3n) is 3.12. The smallest absolute Gasteiger partial charge is 0.258 e.